The molecule has 2 aromatic heterocycles. The van der Waals surface area contributed by atoms with Crippen molar-refractivity contribution in [1.29, 1.82) is 0 Å². The fourth-order valence-corrected chi connectivity index (χ4v) is 3.25. The van der Waals surface area contributed by atoms with Crippen molar-refractivity contribution in [3.63, 3.8) is 0 Å². The SMILES string of the molecule is O=C(COC(=O)c1ccc(Cn2cccn2)o1)Nc1ccc(Cl)cc1C(=O)c1ccccc1. The number of amides is 1. The summed E-state index contributed by atoms with van der Waals surface area (Å²) >= 11 is 6.05. The van der Waals surface area contributed by atoms with E-state index in [-0.39, 0.29) is 22.8 Å². The number of hydrogen-bond acceptors (Lipinski definition) is 6. The largest absolute Gasteiger partial charge is 0.452 e. The highest BCUT2D eigenvalue weighted by molar-refractivity contribution is 6.31. The molecule has 33 heavy (non-hydrogen) atoms. The quantitative estimate of drug-likeness (QED) is 0.310. The summed E-state index contributed by atoms with van der Waals surface area (Å²) in [6.45, 7) is -0.203. The third kappa shape index (κ3) is 5.55. The van der Waals surface area contributed by atoms with E-state index in [9.17, 15) is 14.4 Å². The van der Waals surface area contributed by atoms with E-state index in [4.69, 9.17) is 20.8 Å². The summed E-state index contributed by atoms with van der Waals surface area (Å²) < 4.78 is 12.1. The number of ketones is 1. The topological polar surface area (TPSA) is 103 Å². The number of rotatable bonds is 8. The van der Waals surface area contributed by atoms with Crippen LogP contribution in [0.1, 0.15) is 32.2 Å². The highest BCUT2D eigenvalue weighted by atomic mass is 35.5. The molecule has 9 heteroatoms. The van der Waals surface area contributed by atoms with Gasteiger partial charge in [0.15, 0.2) is 12.4 Å². The Morgan fingerprint density at radius 2 is 1.85 bits per heavy atom. The number of esters is 1. The molecule has 4 aromatic rings. The Kier molecular flexibility index (Phi) is 6.66. The summed E-state index contributed by atoms with van der Waals surface area (Å²) in [5, 5.41) is 7.01. The summed E-state index contributed by atoms with van der Waals surface area (Å²) in [5.74, 6) is -1.22. The molecule has 1 amide bonds. The van der Waals surface area contributed by atoms with Gasteiger partial charge in [-0.05, 0) is 36.4 Å². The molecule has 0 spiro atoms. The van der Waals surface area contributed by atoms with Crippen LogP contribution < -0.4 is 5.32 Å². The first-order valence-electron chi connectivity index (χ1n) is 9.92. The first kappa shape index (κ1) is 22.0. The molecule has 8 nitrogen and oxygen atoms in total. The van der Waals surface area contributed by atoms with Gasteiger partial charge in [0.25, 0.3) is 5.91 Å². The summed E-state index contributed by atoms with van der Waals surface area (Å²) in [6.07, 6.45) is 3.40. The number of carbonyl (C=O) groups is 3. The van der Waals surface area contributed by atoms with Gasteiger partial charge in [-0.25, -0.2) is 4.79 Å². The van der Waals surface area contributed by atoms with Crippen molar-refractivity contribution in [2.75, 3.05) is 11.9 Å². The zero-order valence-corrected chi connectivity index (χ0v) is 18.0. The van der Waals surface area contributed by atoms with E-state index in [2.05, 4.69) is 10.4 Å². The van der Waals surface area contributed by atoms with Crippen LogP contribution >= 0.6 is 11.6 Å². The minimum atomic E-state index is -0.784. The van der Waals surface area contributed by atoms with Crippen molar-refractivity contribution in [1.82, 2.24) is 9.78 Å². The summed E-state index contributed by atoms with van der Waals surface area (Å²) in [4.78, 5) is 37.5. The van der Waals surface area contributed by atoms with Crippen molar-refractivity contribution >= 4 is 34.9 Å². The van der Waals surface area contributed by atoms with Gasteiger partial charge in [0, 0.05) is 28.5 Å². The molecule has 0 bridgehead atoms. The van der Waals surface area contributed by atoms with Crippen LogP contribution in [-0.2, 0) is 16.1 Å². The molecule has 0 aliphatic rings. The molecule has 0 aliphatic heterocycles. The fraction of sp³-hybridized carbons (Fsp3) is 0.0833. The maximum Gasteiger partial charge on any atom is 0.374 e. The molecule has 166 valence electrons. The molecule has 2 aromatic carbocycles. The van der Waals surface area contributed by atoms with Crippen LogP contribution in [0.25, 0.3) is 0 Å². The van der Waals surface area contributed by atoms with E-state index in [1.807, 2.05) is 0 Å². The van der Waals surface area contributed by atoms with Gasteiger partial charge in [-0.1, -0.05) is 41.9 Å². The Labute approximate surface area is 193 Å². The van der Waals surface area contributed by atoms with Crippen LogP contribution in [0.15, 0.2) is 83.5 Å². The zero-order valence-electron chi connectivity index (χ0n) is 17.2. The van der Waals surface area contributed by atoms with Gasteiger partial charge in [-0.15, -0.1) is 0 Å². The first-order valence-corrected chi connectivity index (χ1v) is 10.3. The molecule has 0 unspecified atom stereocenters. The normalized spacial score (nSPS) is 10.6. The lowest BCUT2D eigenvalue weighted by Crippen LogP contribution is -2.22. The minimum absolute atomic E-state index is 0.0311. The first-order chi connectivity index (χ1) is 16.0. The van der Waals surface area contributed by atoms with Gasteiger partial charge >= 0.3 is 5.97 Å². The molecule has 0 saturated carbocycles. The van der Waals surface area contributed by atoms with Crippen molar-refractivity contribution in [2.45, 2.75) is 6.54 Å². The molecular formula is C24H18ClN3O5. The standard InChI is InChI=1S/C24H18ClN3O5/c25-17-7-9-20(19(13-17)23(30)16-5-2-1-3-6-16)27-22(29)15-32-24(31)21-10-8-18(33-21)14-28-12-4-11-26-28/h1-13H,14-15H2,(H,27,29). The van der Waals surface area contributed by atoms with Crippen molar-refractivity contribution in [3.8, 4) is 0 Å². The van der Waals surface area contributed by atoms with Gasteiger partial charge in [-0.2, -0.15) is 5.10 Å². The Morgan fingerprint density at radius 3 is 2.61 bits per heavy atom. The van der Waals surface area contributed by atoms with Crippen LogP contribution in [0.4, 0.5) is 5.69 Å². The predicted octanol–water partition coefficient (Wildman–Crippen LogP) is 4.20. The molecule has 4 rings (SSSR count). The molecule has 0 atom stereocenters. The molecule has 0 radical (unpaired) electrons. The number of hydrogen-bond donors (Lipinski definition) is 1. The van der Waals surface area contributed by atoms with Crippen LogP contribution in [0, 0.1) is 0 Å². The maximum absolute atomic E-state index is 12.9. The number of carbonyl (C=O) groups excluding carboxylic acids is 3. The molecule has 0 fully saturated rings. The highest BCUT2D eigenvalue weighted by Gasteiger charge is 2.18. The molecule has 1 N–H and O–H groups in total. The number of aromatic nitrogens is 2. The Bertz CT molecular complexity index is 1280. The number of anilines is 1. The lowest BCUT2D eigenvalue weighted by Gasteiger charge is -2.11. The van der Waals surface area contributed by atoms with Gasteiger partial charge in [-0.3, -0.25) is 14.3 Å². The number of benzene rings is 2. The van der Waals surface area contributed by atoms with Crippen molar-refractivity contribution in [2.24, 2.45) is 0 Å². The van der Waals surface area contributed by atoms with Crippen molar-refractivity contribution in [3.05, 3.63) is 107 Å². The Balaban J connectivity index is 1.38. The van der Waals surface area contributed by atoms with E-state index >= 15 is 0 Å². The molecule has 2 heterocycles. The van der Waals surface area contributed by atoms with Gasteiger partial charge < -0.3 is 14.5 Å². The number of furan rings is 1. The molecule has 0 saturated heterocycles. The lowest BCUT2D eigenvalue weighted by atomic mass is 10.0. The van der Waals surface area contributed by atoms with Gasteiger partial charge in [0.05, 0.1) is 12.2 Å². The van der Waals surface area contributed by atoms with Crippen LogP contribution in [0.2, 0.25) is 5.02 Å². The number of ether oxygens (including phenoxy) is 1. The second-order valence-electron chi connectivity index (χ2n) is 6.98. The summed E-state index contributed by atoms with van der Waals surface area (Å²) in [5.41, 5.74) is 0.932. The van der Waals surface area contributed by atoms with Gasteiger partial charge in [0.1, 0.15) is 5.76 Å². The van der Waals surface area contributed by atoms with E-state index in [1.165, 1.54) is 18.2 Å². The summed E-state index contributed by atoms with van der Waals surface area (Å²) in [7, 11) is 0. The minimum Gasteiger partial charge on any atom is -0.452 e. The second kappa shape index (κ2) is 9.97. The Morgan fingerprint density at radius 1 is 1.03 bits per heavy atom. The highest BCUT2D eigenvalue weighted by Crippen LogP contribution is 2.24. The number of nitrogens with one attached hydrogen (secondary N) is 1. The van der Waals surface area contributed by atoms with E-state index in [0.29, 0.717) is 22.9 Å². The van der Waals surface area contributed by atoms with Crippen LogP contribution in [0.5, 0.6) is 0 Å². The molecular weight excluding hydrogens is 446 g/mol. The third-order valence-electron chi connectivity index (χ3n) is 4.61. The van der Waals surface area contributed by atoms with E-state index in [0.717, 1.165) is 0 Å². The Hall–Kier alpha value is -4.17. The number of nitrogens with zero attached hydrogens (tertiary/aromatic N) is 2. The monoisotopic (exact) mass is 463 g/mol. The van der Waals surface area contributed by atoms with Crippen LogP contribution in [0.3, 0.4) is 0 Å². The lowest BCUT2D eigenvalue weighted by molar-refractivity contribution is -0.119. The smallest absolute Gasteiger partial charge is 0.374 e. The van der Waals surface area contributed by atoms with Gasteiger partial charge in [0.2, 0.25) is 5.76 Å². The molecule has 0 aliphatic carbocycles. The van der Waals surface area contributed by atoms with Crippen LogP contribution in [-0.4, -0.2) is 34.0 Å². The average Bonchev–Trinajstić information content (AvgIpc) is 3.51. The third-order valence-corrected chi connectivity index (χ3v) is 4.85. The van der Waals surface area contributed by atoms with E-state index < -0.39 is 18.5 Å². The van der Waals surface area contributed by atoms with E-state index in [1.54, 1.807) is 65.6 Å². The summed E-state index contributed by atoms with van der Waals surface area (Å²) in [6, 6.07) is 18.0. The zero-order chi connectivity index (χ0) is 23.2. The van der Waals surface area contributed by atoms with Crippen molar-refractivity contribution < 1.29 is 23.5 Å². The average molecular weight is 464 g/mol. The predicted molar refractivity (Wildman–Crippen MR) is 120 cm³/mol. The fourth-order valence-electron chi connectivity index (χ4n) is 3.07. The maximum atomic E-state index is 12.9. The second-order valence-corrected chi connectivity index (χ2v) is 7.42. The number of halogens is 1.